The first-order valence-corrected chi connectivity index (χ1v) is 7.58. The highest BCUT2D eigenvalue weighted by molar-refractivity contribution is 6.31. The molecule has 0 spiro atoms. The van der Waals surface area contributed by atoms with E-state index in [0.717, 1.165) is 30.9 Å². The van der Waals surface area contributed by atoms with Crippen LogP contribution in [0.2, 0.25) is 5.02 Å². The van der Waals surface area contributed by atoms with Gasteiger partial charge in [-0.05, 0) is 38.9 Å². The van der Waals surface area contributed by atoms with E-state index in [0.29, 0.717) is 17.1 Å². The van der Waals surface area contributed by atoms with Crippen molar-refractivity contribution in [3.8, 4) is 0 Å². The van der Waals surface area contributed by atoms with Crippen molar-refractivity contribution in [1.82, 2.24) is 15.1 Å². The summed E-state index contributed by atoms with van der Waals surface area (Å²) in [6, 6.07) is 4.74. The van der Waals surface area contributed by atoms with Crippen LogP contribution < -0.4 is 5.32 Å². The summed E-state index contributed by atoms with van der Waals surface area (Å²) in [5.41, 5.74) is 3.69. The summed E-state index contributed by atoms with van der Waals surface area (Å²) in [5, 5.41) is 8.34. The third-order valence-electron chi connectivity index (χ3n) is 3.63. The van der Waals surface area contributed by atoms with Crippen LogP contribution in [0.15, 0.2) is 18.2 Å². The average Bonchev–Trinajstić information content (AvgIpc) is 2.70. The van der Waals surface area contributed by atoms with Crippen molar-refractivity contribution in [2.45, 2.75) is 40.3 Å². The highest BCUT2D eigenvalue weighted by Gasteiger charge is 2.14. The zero-order valence-electron chi connectivity index (χ0n) is 12.7. The third kappa shape index (κ3) is 3.63. The number of halogens is 2. The van der Waals surface area contributed by atoms with Crippen molar-refractivity contribution in [2.24, 2.45) is 0 Å². The zero-order valence-corrected chi connectivity index (χ0v) is 13.5. The summed E-state index contributed by atoms with van der Waals surface area (Å²) in [4.78, 5) is 0. The van der Waals surface area contributed by atoms with Crippen LogP contribution >= 0.6 is 11.6 Å². The number of nitrogens with one attached hydrogen (secondary N) is 1. The molecule has 0 amide bonds. The lowest BCUT2D eigenvalue weighted by Gasteiger charge is -2.09. The first kappa shape index (κ1) is 16.0. The topological polar surface area (TPSA) is 29.9 Å². The zero-order chi connectivity index (χ0) is 15.4. The first-order valence-electron chi connectivity index (χ1n) is 7.21. The van der Waals surface area contributed by atoms with Crippen LogP contribution in [-0.4, -0.2) is 16.3 Å². The Kier molecular flexibility index (Phi) is 5.37. The maximum atomic E-state index is 13.9. The predicted molar refractivity (Wildman–Crippen MR) is 84.2 cm³/mol. The second-order valence-corrected chi connectivity index (χ2v) is 5.59. The minimum atomic E-state index is -0.291. The SMILES string of the molecule is CCCNCc1c(C)nn(Cc2c(F)cccc2Cl)c1C. The minimum Gasteiger partial charge on any atom is -0.313 e. The number of nitrogens with zero attached hydrogens (tertiary/aromatic N) is 2. The molecule has 21 heavy (non-hydrogen) atoms. The lowest BCUT2D eigenvalue weighted by molar-refractivity contribution is 0.578. The van der Waals surface area contributed by atoms with E-state index in [9.17, 15) is 4.39 Å². The summed E-state index contributed by atoms with van der Waals surface area (Å²) in [6.45, 7) is 8.25. The Morgan fingerprint density at radius 3 is 2.71 bits per heavy atom. The quantitative estimate of drug-likeness (QED) is 0.822. The van der Waals surface area contributed by atoms with Gasteiger partial charge in [0.2, 0.25) is 0 Å². The molecule has 1 heterocycles. The van der Waals surface area contributed by atoms with Crippen LogP contribution in [0, 0.1) is 19.7 Å². The molecule has 0 aliphatic heterocycles. The van der Waals surface area contributed by atoms with E-state index < -0.39 is 0 Å². The molecule has 0 fully saturated rings. The Labute approximate surface area is 130 Å². The molecular formula is C16H21ClFN3. The number of aromatic nitrogens is 2. The smallest absolute Gasteiger partial charge is 0.129 e. The number of hydrogen-bond acceptors (Lipinski definition) is 2. The second-order valence-electron chi connectivity index (χ2n) is 5.18. The van der Waals surface area contributed by atoms with Gasteiger partial charge in [0.05, 0.1) is 12.2 Å². The van der Waals surface area contributed by atoms with Crippen LogP contribution in [0.4, 0.5) is 4.39 Å². The van der Waals surface area contributed by atoms with Gasteiger partial charge in [-0.3, -0.25) is 4.68 Å². The number of benzene rings is 1. The summed E-state index contributed by atoms with van der Waals surface area (Å²) in [5.74, 6) is -0.291. The van der Waals surface area contributed by atoms with Crippen LogP contribution in [0.1, 0.15) is 35.9 Å². The summed E-state index contributed by atoms with van der Waals surface area (Å²) in [6.07, 6.45) is 1.09. The van der Waals surface area contributed by atoms with E-state index >= 15 is 0 Å². The van der Waals surface area contributed by atoms with Crippen molar-refractivity contribution < 1.29 is 4.39 Å². The van der Waals surface area contributed by atoms with Crippen LogP contribution in [0.3, 0.4) is 0 Å². The van der Waals surface area contributed by atoms with Crippen molar-refractivity contribution in [3.05, 3.63) is 51.6 Å². The van der Waals surface area contributed by atoms with Crippen molar-refractivity contribution >= 4 is 11.6 Å². The number of rotatable bonds is 6. The minimum absolute atomic E-state index is 0.291. The van der Waals surface area contributed by atoms with E-state index in [1.807, 2.05) is 18.5 Å². The lowest BCUT2D eigenvalue weighted by Crippen LogP contribution is -2.15. The van der Waals surface area contributed by atoms with Crippen molar-refractivity contribution in [2.75, 3.05) is 6.54 Å². The number of hydrogen-bond donors (Lipinski definition) is 1. The van der Waals surface area contributed by atoms with Crippen LogP contribution in [-0.2, 0) is 13.1 Å². The fraction of sp³-hybridized carbons (Fsp3) is 0.438. The first-order chi connectivity index (χ1) is 10.0. The normalized spacial score (nSPS) is 11.1. The molecule has 114 valence electrons. The molecule has 0 atom stereocenters. The molecule has 0 aliphatic carbocycles. The molecule has 3 nitrogen and oxygen atoms in total. The molecule has 2 aromatic rings. The average molecular weight is 310 g/mol. The third-order valence-corrected chi connectivity index (χ3v) is 3.98. The van der Waals surface area contributed by atoms with Gasteiger partial charge >= 0.3 is 0 Å². The highest BCUT2D eigenvalue weighted by Crippen LogP contribution is 2.22. The van der Waals surface area contributed by atoms with E-state index in [1.165, 1.54) is 11.6 Å². The van der Waals surface area contributed by atoms with Crippen LogP contribution in [0.25, 0.3) is 0 Å². The molecule has 2 rings (SSSR count). The van der Waals surface area contributed by atoms with Crippen molar-refractivity contribution in [1.29, 1.82) is 0 Å². The molecule has 0 radical (unpaired) electrons. The molecule has 0 unspecified atom stereocenters. The van der Waals surface area contributed by atoms with Gasteiger partial charge in [-0.1, -0.05) is 24.6 Å². The van der Waals surface area contributed by atoms with Crippen molar-refractivity contribution in [3.63, 3.8) is 0 Å². The fourth-order valence-corrected chi connectivity index (χ4v) is 2.59. The van der Waals surface area contributed by atoms with Gasteiger partial charge in [-0.2, -0.15) is 5.10 Å². The van der Waals surface area contributed by atoms with Gasteiger partial charge in [-0.25, -0.2) is 4.39 Å². The van der Waals surface area contributed by atoms with Gasteiger partial charge < -0.3 is 5.32 Å². The van der Waals surface area contributed by atoms with E-state index in [4.69, 9.17) is 11.6 Å². The Morgan fingerprint density at radius 1 is 1.29 bits per heavy atom. The molecule has 0 saturated carbocycles. The maximum absolute atomic E-state index is 13.9. The molecule has 0 bridgehead atoms. The Morgan fingerprint density at radius 2 is 2.05 bits per heavy atom. The van der Waals surface area contributed by atoms with E-state index in [1.54, 1.807) is 12.1 Å². The fourth-order valence-electron chi connectivity index (χ4n) is 2.37. The Balaban J connectivity index is 2.23. The van der Waals surface area contributed by atoms with Gasteiger partial charge in [0.1, 0.15) is 5.82 Å². The second kappa shape index (κ2) is 7.05. The molecule has 1 aromatic carbocycles. The Bertz CT molecular complexity index is 602. The van der Waals surface area contributed by atoms with Gasteiger partial charge in [0, 0.05) is 28.4 Å². The molecular weight excluding hydrogens is 289 g/mol. The molecule has 1 aromatic heterocycles. The largest absolute Gasteiger partial charge is 0.313 e. The monoisotopic (exact) mass is 309 g/mol. The molecule has 0 saturated heterocycles. The number of aryl methyl sites for hydroxylation is 1. The van der Waals surface area contributed by atoms with E-state index in [-0.39, 0.29) is 5.82 Å². The van der Waals surface area contributed by atoms with E-state index in [2.05, 4.69) is 17.3 Å². The lowest BCUT2D eigenvalue weighted by atomic mass is 10.2. The predicted octanol–water partition coefficient (Wildman–Crippen LogP) is 3.84. The summed E-state index contributed by atoms with van der Waals surface area (Å²) in [7, 11) is 0. The standard InChI is InChI=1S/C16H21ClFN3/c1-4-8-19-9-13-11(2)20-21(12(13)3)10-14-15(17)6-5-7-16(14)18/h5-7,19H,4,8-10H2,1-3H3. The molecule has 0 aliphatic rings. The van der Waals surface area contributed by atoms with Gasteiger partial charge in [0.15, 0.2) is 0 Å². The molecule has 1 N–H and O–H groups in total. The van der Waals surface area contributed by atoms with Crippen LogP contribution in [0.5, 0.6) is 0 Å². The van der Waals surface area contributed by atoms with Gasteiger partial charge in [0.25, 0.3) is 0 Å². The van der Waals surface area contributed by atoms with Gasteiger partial charge in [-0.15, -0.1) is 0 Å². The highest BCUT2D eigenvalue weighted by atomic mass is 35.5. The summed E-state index contributed by atoms with van der Waals surface area (Å²) >= 11 is 6.09. The Hall–Kier alpha value is -1.39. The molecule has 5 heteroatoms. The maximum Gasteiger partial charge on any atom is 0.129 e. The summed E-state index contributed by atoms with van der Waals surface area (Å²) < 4.78 is 15.7.